The van der Waals surface area contributed by atoms with Gasteiger partial charge in [-0.2, -0.15) is 0 Å². The highest BCUT2D eigenvalue weighted by Crippen LogP contribution is 2.42. The molecule has 1 aliphatic carbocycles. The van der Waals surface area contributed by atoms with Crippen molar-refractivity contribution in [2.45, 2.75) is 39.0 Å². The number of hydrogen-bond acceptors (Lipinski definition) is 2. The van der Waals surface area contributed by atoms with E-state index in [9.17, 15) is 4.79 Å². The quantitative estimate of drug-likeness (QED) is 0.519. The van der Waals surface area contributed by atoms with Gasteiger partial charge < -0.3 is 4.74 Å². The molecular weight excluding hydrogens is 188 g/mol. The van der Waals surface area contributed by atoms with Gasteiger partial charge in [0.15, 0.2) is 0 Å². The molecule has 1 aromatic carbocycles. The van der Waals surface area contributed by atoms with Crippen molar-refractivity contribution in [2.75, 3.05) is 0 Å². The predicted octanol–water partition coefficient (Wildman–Crippen LogP) is 3.05. The largest absolute Gasteiger partial charge is 0.426 e. The van der Waals surface area contributed by atoms with E-state index in [-0.39, 0.29) is 5.97 Å². The molecule has 0 amide bonds. The number of esters is 1. The monoisotopic (exact) mass is 204 g/mol. The number of fused-ring (bicyclic) bond motifs is 1. The van der Waals surface area contributed by atoms with Gasteiger partial charge in [0, 0.05) is 5.56 Å². The van der Waals surface area contributed by atoms with Gasteiger partial charge in [-0.3, -0.25) is 4.79 Å². The van der Waals surface area contributed by atoms with Gasteiger partial charge in [0.1, 0.15) is 5.75 Å². The zero-order valence-electron chi connectivity index (χ0n) is 9.25. The van der Waals surface area contributed by atoms with Crippen LogP contribution in [0.25, 0.3) is 0 Å². The third-order valence-electron chi connectivity index (χ3n) is 2.69. The third-order valence-corrected chi connectivity index (χ3v) is 2.69. The van der Waals surface area contributed by atoms with E-state index in [1.807, 2.05) is 19.9 Å². The maximum Gasteiger partial charge on any atom is 0.315 e. The number of carbonyl (C=O) groups is 1. The molecule has 0 aromatic heterocycles. The molecule has 1 fully saturated rings. The fourth-order valence-corrected chi connectivity index (χ4v) is 1.82. The summed E-state index contributed by atoms with van der Waals surface area (Å²) in [6.07, 6.45) is 3.05. The van der Waals surface area contributed by atoms with Crippen LogP contribution in [0.15, 0.2) is 18.2 Å². The first kappa shape index (κ1) is 10.2. The van der Waals surface area contributed by atoms with Crippen LogP contribution in [-0.4, -0.2) is 5.97 Å². The normalized spacial score (nSPS) is 17.6. The van der Waals surface area contributed by atoms with Crippen LogP contribution in [0, 0.1) is 0 Å². The predicted molar refractivity (Wildman–Crippen MR) is 59.1 cm³/mol. The zero-order valence-corrected chi connectivity index (χ0v) is 9.25. The molecule has 3 rings (SSSR count). The molecule has 0 spiro atoms. The highest BCUT2D eigenvalue weighted by atomic mass is 16.5. The van der Waals surface area contributed by atoms with Crippen molar-refractivity contribution in [3.8, 4) is 5.75 Å². The Morgan fingerprint density at radius 3 is 2.67 bits per heavy atom. The molecule has 0 radical (unpaired) electrons. The van der Waals surface area contributed by atoms with Crippen molar-refractivity contribution >= 4 is 5.97 Å². The van der Waals surface area contributed by atoms with Crippen molar-refractivity contribution in [3.63, 3.8) is 0 Å². The third kappa shape index (κ3) is 2.04. The highest BCUT2D eigenvalue weighted by Gasteiger charge is 2.26. The number of rotatable bonds is 1. The average Bonchev–Trinajstić information content (AvgIpc) is 3.02. The minimum atomic E-state index is -0.122. The van der Waals surface area contributed by atoms with Crippen LogP contribution in [0.3, 0.4) is 0 Å². The molecule has 1 saturated carbocycles. The van der Waals surface area contributed by atoms with E-state index in [0.717, 1.165) is 17.2 Å². The van der Waals surface area contributed by atoms with Gasteiger partial charge in [-0.25, -0.2) is 0 Å². The van der Waals surface area contributed by atoms with Gasteiger partial charge in [-0.1, -0.05) is 26.0 Å². The van der Waals surface area contributed by atoms with Crippen molar-refractivity contribution in [3.05, 3.63) is 29.3 Å². The van der Waals surface area contributed by atoms with Gasteiger partial charge in [-0.05, 0) is 30.4 Å². The molecule has 80 valence electrons. The summed E-state index contributed by atoms with van der Waals surface area (Å²) in [4.78, 5) is 11.0. The lowest BCUT2D eigenvalue weighted by atomic mass is 10.1. The van der Waals surface area contributed by atoms with Crippen LogP contribution in [0.4, 0.5) is 0 Å². The zero-order chi connectivity index (χ0) is 10.8. The van der Waals surface area contributed by atoms with E-state index in [1.165, 1.54) is 18.4 Å². The summed E-state index contributed by atoms with van der Waals surface area (Å²) in [7, 11) is 0. The average molecular weight is 204 g/mol. The van der Waals surface area contributed by atoms with E-state index in [0.29, 0.717) is 6.42 Å². The van der Waals surface area contributed by atoms with Crippen LogP contribution in [0.1, 0.15) is 43.7 Å². The summed E-state index contributed by atoms with van der Waals surface area (Å²) in [6.45, 7) is 4.00. The lowest BCUT2D eigenvalue weighted by Gasteiger charge is -2.00. The van der Waals surface area contributed by atoms with Crippen LogP contribution in [-0.2, 0) is 11.2 Å². The van der Waals surface area contributed by atoms with Gasteiger partial charge in [-0.15, -0.1) is 0 Å². The SMILES string of the molecule is CC.O=C1Cc2cc(C3CC3)ccc2O1. The Morgan fingerprint density at radius 1 is 1.27 bits per heavy atom. The maximum atomic E-state index is 11.0. The van der Waals surface area contributed by atoms with Gasteiger partial charge in [0.05, 0.1) is 6.42 Å². The Labute approximate surface area is 90.3 Å². The molecule has 1 aliphatic heterocycles. The molecular formula is C13H16O2. The summed E-state index contributed by atoms with van der Waals surface area (Å²) in [5.74, 6) is 1.39. The van der Waals surface area contributed by atoms with Crippen molar-refractivity contribution in [2.24, 2.45) is 0 Å². The fraction of sp³-hybridized carbons (Fsp3) is 0.462. The van der Waals surface area contributed by atoms with E-state index in [2.05, 4.69) is 12.1 Å². The second kappa shape index (κ2) is 4.05. The first-order valence-corrected chi connectivity index (χ1v) is 5.66. The van der Waals surface area contributed by atoms with E-state index >= 15 is 0 Å². The summed E-state index contributed by atoms with van der Waals surface area (Å²) in [5.41, 5.74) is 2.44. The Kier molecular flexibility index (Phi) is 2.76. The molecule has 0 bridgehead atoms. The van der Waals surface area contributed by atoms with Crippen LogP contribution in [0.5, 0.6) is 5.75 Å². The molecule has 1 heterocycles. The standard InChI is InChI=1S/C11H10O2.C2H6/c12-11-6-9-5-8(7-1-2-7)3-4-10(9)13-11;1-2/h3-5,7H,1-2,6H2;1-2H3. The smallest absolute Gasteiger partial charge is 0.315 e. The summed E-state index contributed by atoms with van der Waals surface area (Å²) < 4.78 is 5.02. The Balaban J connectivity index is 0.000000404. The molecule has 15 heavy (non-hydrogen) atoms. The Bertz CT molecular complexity index is 378. The summed E-state index contributed by atoms with van der Waals surface area (Å²) >= 11 is 0. The molecule has 2 heteroatoms. The van der Waals surface area contributed by atoms with Crippen LogP contribution < -0.4 is 4.74 Å². The second-order valence-electron chi connectivity index (χ2n) is 3.79. The fourth-order valence-electron chi connectivity index (χ4n) is 1.82. The van der Waals surface area contributed by atoms with Crippen LogP contribution >= 0.6 is 0 Å². The number of benzene rings is 1. The van der Waals surface area contributed by atoms with Crippen molar-refractivity contribution in [1.29, 1.82) is 0 Å². The maximum absolute atomic E-state index is 11.0. The molecule has 0 atom stereocenters. The van der Waals surface area contributed by atoms with Crippen molar-refractivity contribution < 1.29 is 9.53 Å². The summed E-state index contributed by atoms with van der Waals surface area (Å²) in [5, 5.41) is 0. The van der Waals surface area contributed by atoms with E-state index in [1.54, 1.807) is 0 Å². The molecule has 2 aliphatic rings. The minimum Gasteiger partial charge on any atom is -0.426 e. The van der Waals surface area contributed by atoms with Gasteiger partial charge >= 0.3 is 5.97 Å². The first-order valence-electron chi connectivity index (χ1n) is 5.66. The molecule has 0 N–H and O–H groups in total. The lowest BCUT2D eigenvalue weighted by Crippen LogP contribution is -2.00. The number of ether oxygens (including phenoxy) is 1. The first-order chi connectivity index (χ1) is 7.33. The van der Waals surface area contributed by atoms with Crippen molar-refractivity contribution in [1.82, 2.24) is 0 Å². The summed E-state index contributed by atoms with van der Waals surface area (Å²) in [6, 6.07) is 6.13. The Hall–Kier alpha value is -1.31. The van der Waals surface area contributed by atoms with Crippen LogP contribution in [0.2, 0.25) is 0 Å². The Morgan fingerprint density at radius 2 is 2.00 bits per heavy atom. The molecule has 2 nitrogen and oxygen atoms in total. The molecule has 1 aromatic rings. The van der Waals surface area contributed by atoms with Gasteiger partial charge in [0.2, 0.25) is 0 Å². The number of hydrogen-bond donors (Lipinski definition) is 0. The topological polar surface area (TPSA) is 26.3 Å². The second-order valence-corrected chi connectivity index (χ2v) is 3.79. The number of carbonyl (C=O) groups excluding carboxylic acids is 1. The van der Waals surface area contributed by atoms with E-state index in [4.69, 9.17) is 4.74 Å². The van der Waals surface area contributed by atoms with E-state index < -0.39 is 0 Å². The highest BCUT2D eigenvalue weighted by molar-refractivity contribution is 5.81. The van der Waals surface area contributed by atoms with Gasteiger partial charge in [0.25, 0.3) is 0 Å². The lowest BCUT2D eigenvalue weighted by molar-refractivity contribution is -0.131. The minimum absolute atomic E-state index is 0.122. The molecule has 0 unspecified atom stereocenters. The molecule has 0 saturated heterocycles.